The third-order valence-electron chi connectivity index (χ3n) is 3.44. The molecule has 7 nitrogen and oxygen atoms in total. The summed E-state index contributed by atoms with van der Waals surface area (Å²) in [6.45, 7) is 0. The smallest absolute Gasteiger partial charge is 0.333 e. The van der Waals surface area contributed by atoms with Gasteiger partial charge in [-0.25, -0.2) is 0 Å². The van der Waals surface area contributed by atoms with Gasteiger partial charge in [0.05, 0.1) is 0 Å². The van der Waals surface area contributed by atoms with Crippen LogP contribution in [-0.4, -0.2) is 34.1 Å². The number of aliphatic carboxylic acids is 2. The predicted octanol–water partition coefficient (Wildman–Crippen LogP) is -0.604. The van der Waals surface area contributed by atoms with E-state index in [1.54, 1.807) is 0 Å². The summed E-state index contributed by atoms with van der Waals surface area (Å²) in [6, 6.07) is 0. The van der Waals surface area contributed by atoms with Crippen molar-refractivity contribution in [2.24, 2.45) is 10.8 Å². The van der Waals surface area contributed by atoms with E-state index in [0.717, 1.165) is 0 Å². The monoisotopic (exact) mass is 228 g/mol. The van der Waals surface area contributed by atoms with E-state index >= 15 is 0 Å². The second-order valence-electron chi connectivity index (χ2n) is 3.95. The third kappa shape index (κ3) is 0.799. The topological polar surface area (TPSA) is 118 Å². The highest BCUT2D eigenvalue weighted by Crippen LogP contribution is 2.58. The van der Waals surface area contributed by atoms with Gasteiger partial charge in [0, 0.05) is 0 Å². The van der Waals surface area contributed by atoms with Crippen LogP contribution in [0.2, 0.25) is 0 Å². The number of carboxylic acid groups (broad SMARTS) is 2. The maximum absolute atomic E-state index is 11.3. The van der Waals surface area contributed by atoms with Crippen molar-refractivity contribution in [3.05, 3.63) is 0 Å². The fourth-order valence-corrected chi connectivity index (χ4v) is 2.56. The molecule has 0 amide bonds. The molecule has 7 heteroatoms. The zero-order chi connectivity index (χ0) is 12.1. The number of carbonyl (C=O) groups is 4. The molecule has 86 valence electrons. The van der Waals surface area contributed by atoms with Crippen LogP contribution in [0.4, 0.5) is 0 Å². The zero-order valence-electron chi connectivity index (χ0n) is 8.06. The van der Waals surface area contributed by atoms with Crippen LogP contribution in [0.1, 0.15) is 19.3 Å². The van der Waals surface area contributed by atoms with Gasteiger partial charge in [0.25, 0.3) is 0 Å². The van der Waals surface area contributed by atoms with E-state index in [0.29, 0.717) is 0 Å². The van der Waals surface area contributed by atoms with Gasteiger partial charge in [-0.15, -0.1) is 0 Å². The van der Waals surface area contributed by atoms with Crippen LogP contribution in [0, 0.1) is 10.8 Å². The molecule has 2 fully saturated rings. The van der Waals surface area contributed by atoms with Crippen LogP contribution in [0.25, 0.3) is 0 Å². The summed E-state index contributed by atoms with van der Waals surface area (Å²) >= 11 is 0. The second kappa shape index (κ2) is 2.81. The molecule has 0 aromatic rings. The molecule has 16 heavy (non-hydrogen) atoms. The number of rotatable bonds is 2. The minimum Gasteiger partial charge on any atom is -0.480 e. The molecule has 1 aliphatic carbocycles. The van der Waals surface area contributed by atoms with Crippen molar-refractivity contribution in [1.29, 1.82) is 0 Å². The van der Waals surface area contributed by atoms with E-state index in [1.165, 1.54) is 0 Å². The Bertz CT molecular complexity index is 394. The molecule has 1 spiro atoms. The van der Waals surface area contributed by atoms with Gasteiger partial charge in [-0.3, -0.25) is 19.2 Å². The molecule has 2 N–H and O–H groups in total. The Morgan fingerprint density at radius 1 is 1.06 bits per heavy atom. The Balaban J connectivity index is 2.62. The molecule has 0 bridgehead atoms. The number of ether oxygens (including phenoxy) is 1. The van der Waals surface area contributed by atoms with Gasteiger partial charge < -0.3 is 14.9 Å². The van der Waals surface area contributed by atoms with Crippen LogP contribution >= 0.6 is 0 Å². The van der Waals surface area contributed by atoms with E-state index in [9.17, 15) is 19.2 Å². The highest BCUT2D eigenvalue weighted by atomic mass is 16.6. The number of cyclic esters (lactones) is 2. The van der Waals surface area contributed by atoms with Crippen molar-refractivity contribution in [2.45, 2.75) is 19.3 Å². The van der Waals surface area contributed by atoms with Crippen molar-refractivity contribution in [3.8, 4) is 0 Å². The summed E-state index contributed by atoms with van der Waals surface area (Å²) in [7, 11) is 0. The van der Waals surface area contributed by atoms with Crippen molar-refractivity contribution >= 4 is 23.9 Å². The molecule has 0 radical (unpaired) electrons. The summed E-state index contributed by atoms with van der Waals surface area (Å²) in [5.41, 5.74) is -4.37. The number of carbonyl (C=O) groups excluding carboxylic acids is 2. The fourth-order valence-electron chi connectivity index (χ4n) is 2.56. The normalized spacial score (nSPS) is 25.0. The molecule has 1 saturated carbocycles. The zero-order valence-corrected chi connectivity index (χ0v) is 8.06. The van der Waals surface area contributed by atoms with Crippen LogP contribution < -0.4 is 0 Å². The predicted molar refractivity (Wildman–Crippen MR) is 45.1 cm³/mol. The summed E-state index contributed by atoms with van der Waals surface area (Å²) < 4.78 is 4.13. The first-order valence-corrected chi connectivity index (χ1v) is 4.63. The van der Waals surface area contributed by atoms with E-state index in [4.69, 9.17) is 10.2 Å². The van der Waals surface area contributed by atoms with Crippen molar-refractivity contribution in [1.82, 2.24) is 0 Å². The number of hydrogen-bond acceptors (Lipinski definition) is 5. The largest absolute Gasteiger partial charge is 0.480 e. The Morgan fingerprint density at radius 2 is 1.56 bits per heavy atom. The summed E-state index contributed by atoms with van der Waals surface area (Å²) in [5.74, 6) is -5.41. The molecule has 2 aliphatic rings. The van der Waals surface area contributed by atoms with Crippen LogP contribution in [0.3, 0.4) is 0 Å². The van der Waals surface area contributed by atoms with Crippen molar-refractivity contribution in [2.75, 3.05) is 0 Å². The first kappa shape index (κ1) is 10.6. The average molecular weight is 228 g/mol. The summed E-state index contributed by atoms with van der Waals surface area (Å²) in [6.07, 6.45) is -0.124. The van der Waals surface area contributed by atoms with E-state index in [2.05, 4.69) is 4.74 Å². The highest BCUT2D eigenvalue weighted by Gasteiger charge is 2.79. The second-order valence-corrected chi connectivity index (χ2v) is 3.95. The lowest BCUT2D eigenvalue weighted by Gasteiger charge is -2.41. The van der Waals surface area contributed by atoms with Gasteiger partial charge in [-0.2, -0.15) is 0 Å². The minimum absolute atomic E-state index is 0.0801. The van der Waals surface area contributed by atoms with Crippen molar-refractivity contribution in [3.63, 3.8) is 0 Å². The Hall–Kier alpha value is -1.92. The molecule has 0 aromatic heterocycles. The SMILES string of the molecule is O=C(O)C1(C(=O)O)CCCC12C(=O)OC2=O. The number of carboxylic acids is 2. The van der Waals surface area contributed by atoms with Crippen molar-refractivity contribution < 1.29 is 34.1 Å². The lowest BCUT2D eigenvalue weighted by atomic mass is 9.63. The standard InChI is InChI=1S/C9H8O7/c10-4(11)8(5(12)13)2-1-3-9(8)6(14)16-7(9)15/h1-3H2,(H,10,11)(H,12,13). The molecular weight excluding hydrogens is 220 g/mol. The molecular formula is C9H8O7. The number of hydrogen-bond donors (Lipinski definition) is 2. The molecule has 1 aliphatic heterocycles. The lowest BCUT2D eigenvalue weighted by Crippen LogP contribution is -2.65. The van der Waals surface area contributed by atoms with Gasteiger partial charge in [-0.05, 0) is 19.3 Å². The van der Waals surface area contributed by atoms with Crippen LogP contribution in [0.15, 0.2) is 0 Å². The van der Waals surface area contributed by atoms with E-state index in [1.807, 2.05) is 0 Å². The summed E-state index contributed by atoms with van der Waals surface area (Å²) in [5, 5.41) is 18.1. The molecule has 0 aromatic carbocycles. The van der Waals surface area contributed by atoms with Crippen LogP contribution in [0.5, 0.6) is 0 Å². The van der Waals surface area contributed by atoms with Gasteiger partial charge in [0.2, 0.25) is 0 Å². The van der Waals surface area contributed by atoms with Crippen LogP contribution in [-0.2, 0) is 23.9 Å². The Kier molecular flexibility index (Phi) is 1.86. The molecule has 0 atom stereocenters. The maximum Gasteiger partial charge on any atom is 0.333 e. The van der Waals surface area contributed by atoms with E-state index < -0.39 is 34.7 Å². The molecule has 2 rings (SSSR count). The van der Waals surface area contributed by atoms with Gasteiger partial charge in [-0.1, -0.05) is 0 Å². The quantitative estimate of drug-likeness (QED) is 0.478. The van der Waals surface area contributed by atoms with Gasteiger partial charge in [0.15, 0.2) is 10.8 Å². The fraction of sp³-hybridized carbons (Fsp3) is 0.556. The molecule has 1 heterocycles. The molecule has 0 unspecified atom stereocenters. The minimum atomic E-state index is -2.36. The first-order valence-electron chi connectivity index (χ1n) is 4.63. The molecule has 1 saturated heterocycles. The first-order chi connectivity index (χ1) is 7.39. The highest BCUT2D eigenvalue weighted by molar-refractivity contribution is 6.22. The third-order valence-corrected chi connectivity index (χ3v) is 3.44. The lowest BCUT2D eigenvalue weighted by molar-refractivity contribution is -0.215. The number of esters is 2. The average Bonchev–Trinajstić information content (AvgIpc) is 2.61. The van der Waals surface area contributed by atoms with Gasteiger partial charge >= 0.3 is 23.9 Å². The van der Waals surface area contributed by atoms with Gasteiger partial charge in [0.1, 0.15) is 0 Å². The van der Waals surface area contributed by atoms with E-state index in [-0.39, 0.29) is 19.3 Å². The maximum atomic E-state index is 11.3. The Morgan fingerprint density at radius 3 is 1.88 bits per heavy atom. The summed E-state index contributed by atoms with van der Waals surface area (Å²) in [4.78, 5) is 44.9. The Labute approximate surface area is 89.0 Å².